The van der Waals surface area contributed by atoms with E-state index < -0.39 is 5.97 Å². The van der Waals surface area contributed by atoms with Gasteiger partial charge in [-0.15, -0.1) is 0 Å². The molecule has 2 unspecified atom stereocenters. The Labute approximate surface area is 112 Å². The fourth-order valence-corrected chi connectivity index (χ4v) is 2.84. The SMILES string of the molecule is CC1CCC(C)N(c2cccc(Cl)c2C(=O)O)C1. The van der Waals surface area contributed by atoms with Crippen molar-refractivity contribution in [3.8, 4) is 0 Å². The Morgan fingerprint density at radius 3 is 2.78 bits per heavy atom. The van der Waals surface area contributed by atoms with Gasteiger partial charge in [-0.1, -0.05) is 24.6 Å². The number of carbonyl (C=O) groups is 1. The Kier molecular flexibility index (Phi) is 3.81. The molecule has 1 heterocycles. The van der Waals surface area contributed by atoms with Crippen LogP contribution in [0.3, 0.4) is 0 Å². The topological polar surface area (TPSA) is 40.5 Å². The Hall–Kier alpha value is -1.22. The van der Waals surface area contributed by atoms with Crippen molar-refractivity contribution in [1.82, 2.24) is 0 Å². The molecule has 0 bridgehead atoms. The molecule has 1 aliphatic rings. The zero-order valence-corrected chi connectivity index (χ0v) is 11.4. The number of hydrogen-bond donors (Lipinski definition) is 1. The molecule has 0 spiro atoms. The van der Waals surface area contributed by atoms with E-state index >= 15 is 0 Å². The fourth-order valence-electron chi connectivity index (χ4n) is 2.59. The van der Waals surface area contributed by atoms with Crippen LogP contribution in [0.2, 0.25) is 5.02 Å². The second kappa shape index (κ2) is 5.19. The van der Waals surface area contributed by atoms with E-state index in [2.05, 4.69) is 18.7 Å². The summed E-state index contributed by atoms with van der Waals surface area (Å²) in [5.74, 6) is -0.372. The lowest BCUT2D eigenvalue weighted by molar-refractivity contribution is 0.0697. The Balaban J connectivity index is 2.43. The minimum absolute atomic E-state index is 0.222. The summed E-state index contributed by atoms with van der Waals surface area (Å²) in [6.07, 6.45) is 2.29. The molecule has 2 atom stereocenters. The third kappa shape index (κ3) is 2.46. The van der Waals surface area contributed by atoms with Crippen molar-refractivity contribution in [2.75, 3.05) is 11.4 Å². The van der Waals surface area contributed by atoms with E-state index in [1.165, 1.54) is 6.42 Å². The Morgan fingerprint density at radius 1 is 1.39 bits per heavy atom. The highest BCUT2D eigenvalue weighted by atomic mass is 35.5. The first-order chi connectivity index (χ1) is 8.50. The van der Waals surface area contributed by atoms with E-state index in [-0.39, 0.29) is 5.56 Å². The lowest BCUT2D eigenvalue weighted by atomic mass is 9.94. The molecule has 1 aromatic carbocycles. The second-order valence-electron chi connectivity index (χ2n) is 5.12. The highest BCUT2D eigenvalue weighted by molar-refractivity contribution is 6.34. The third-order valence-corrected chi connectivity index (χ3v) is 3.95. The van der Waals surface area contributed by atoms with Crippen LogP contribution in [0.4, 0.5) is 5.69 Å². The molecule has 1 saturated heterocycles. The van der Waals surface area contributed by atoms with Crippen molar-refractivity contribution in [2.24, 2.45) is 5.92 Å². The number of aromatic carboxylic acids is 1. The second-order valence-corrected chi connectivity index (χ2v) is 5.53. The number of hydrogen-bond acceptors (Lipinski definition) is 2. The van der Waals surface area contributed by atoms with Gasteiger partial charge >= 0.3 is 5.97 Å². The van der Waals surface area contributed by atoms with E-state index in [0.29, 0.717) is 17.0 Å². The van der Waals surface area contributed by atoms with Crippen LogP contribution in [0, 0.1) is 5.92 Å². The molecule has 0 saturated carbocycles. The number of carboxylic acid groups (broad SMARTS) is 1. The molecule has 1 N–H and O–H groups in total. The van der Waals surface area contributed by atoms with Gasteiger partial charge in [-0.05, 0) is 37.8 Å². The molecule has 1 fully saturated rings. The molecular formula is C14H18ClNO2. The molecule has 0 radical (unpaired) electrons. The summed E-state index contributed by atoms with van der Waals surface area (Å²) in [6, 6.07) is 5.66. The first kappa shape index (κ1) is 13.2. The zero-order chi connectivity index (χ0) is 13.3. The maximum atomic E-state index is 11.4. The molecule has 0 aliphatic carbocycles. The van der Waals surface area contributed by atoms with E-state index in [1.54, 1.807) is 6.07 Å². The first-order valence-corrected chi connectivity index (χ1v) is 6.67. The largest absolute Gasteiger partial charge is 0.478 e. The van der Waals surface area contributed by atoms with Crippen molar-refractivity contribution in [3.63, 3.8) is 0 Å². The molecule has 4 heteroatoms. The van der Waals surface area contributed by atoms with Crippen LogP contribution in [-0.2, 0) is 0 Å². The van der Waals surface area contributed by atoms with Gasteiger partial charge in [-0.3, -0.25) is 0 Å². The molecule has 3 nitrogen and oxygen atoms in total. The standard InChI is InChI=1S/C14H18ClNO2/c1-9-6-7-10(2)16(8-9)12-5-3-4-11(15)13(12)14(17)18/h3-5,9-10H,6-8H2,1-2H3,(H,17,18). The number of benzene rings is 1. The average molecular weight is 268 g/mol. The number of halogens is 1. The molecule has 18 heavy (non-hydrogen) atoms. The van der Waals surface area contributed by atoms with E-state index in [4.69, 9.17) is 11.6 Å². The maximum Gasteiger partial charge on any atom is 0.339 e. The molecule has 98 valence electrons. The van der Waals surface area contributed by atoms with Crippen LogP contribution in [-0.4, -0.2) is 23.7 Å². The molecule has 1 aromatic rings. The normalized spacial score (nSPS) is 24.1. The minimum Gasteiger partial charge on any atom is -0.478 e. The van der Waals surface area contributed by atoms with Crippen LogP contribution in [0.15, 0.2) is 18.2 Å². The van der Waals surface area contributed by atoms with Gasteiger partial charge < -0.3 is 10.0 Å². The summed E-state index contributed by atoms with van der Waals surface area (Å²) in [7, 11) is 0. The average Bonchev–Trinajstić information content (AvgIpc) is 2.31. The van der Waals surface area contributed by atoms with Crippen LogP contribution >= 0.6 is 11.6 Å². The smallest absolute Gasteiger partial charge is 0.339 e. The number of piperidine rings is 1. The molecule has 1 aliphatic heterocycles. The Morgan fingerprint density at radius 2 is 2.11 bits per heavy atom. The van der Waals surface area contributed by atoms with Crippen LogP contribution in [0.5, 0.6) is 0 Å². The first-order valence-electron chi connectivity index (χ1n) is 6.29. The highest BCUT2D eigenvalue weighted by Gasteiger charge is 2.27. The lowest BCUT2D eigenvalue weighted by Crippen LogP contribution is -2.41. The monoisotopic (exact) mass is 267 g/mol. The molecule has 0 aromatic heterocycles. The highest BCUT2D eigenvalue weighted by Crippen LogP contribution is 2.33. The van der Waals surface area contributed by atoms with Gasteiger partial charge in [0.05, 0.1) is 10.7 Å². The summed E-state index contributed by atoms with van der Waals surface area (Å²) in [5.41, 5.74) is 0.967. The summed E-state index contributed by atoms with van der Waals surface area (Å²) in [4.78, 5) is 13.5. The summed E-state index contributed by atoms with van der Waals surface area (Å²) in [6.45, 7) is 5.23. The van der Waals surface area contributed by atoms with Gasteiger partial charge in [-0.25, -0.2) is 4.79 Å². The zero-order valence-electron chi connectivity index (χ0n) is 10.7. The molecule has 0 amide bonds. The fraction of sp³-hybridized carbons (Fsp3) is 0.500. The van der Waals surface area contributed by atoms with Crippen molar-refractivity contribution < 1.29 is 9.90 Å². The van der Waals surface area contributed by atoms with Gasteiger partial charge in [0, 0.05) is 12.6 Å². The van der Waals surface area contributed by atoms with Gasteiger partial charge in [0.25, 0.3) is 0 Å². The van der Waals surface area contributed by atoms with Crippen LogP contribution < -0.4 is 4.90 Å². The number of carboxylic acids is 1. The Bertz CT molecular complexity index is 461. The van der Waals surface area contributed by atoms with Gasteiger partial charge in [0.15, 0.2) is 0 Å². The van der Waals surface area contributed by atoms with E-state index in [0.717, 1.165) is 18.7 Å². The van der Waals surface area contributed by atoms with Crippen molar-refractivity contribution in [1.29, 1.82) is 0 Å². The minimum atomic E-state index is -0.957. The van der Waals surface area contributed by atoms with Gasteiger partial charge in [-0.2, -0.15) is 0 Å². The van der Waals surface area contributed by atoms with E-state index in [9.17, 15) is 9.90 Å². The molecular weight excluding hydrogens is 250 g/mol. The van der Waals surface area contributed by atoms with E-state index in [1.807, 2.05) is 12.1 Å². The third-order valence-electron chi connectivity index (χ3n) is 3.63. The van der Waals surface area contributed by atoms with Crippen LogP contribution in [0.25, 0.3) is 0 Å². The van der Waals surface area contributed by atoms with Crippen molar-refractivity contribution in [3.05, 3.63) is 28.8 Å². The predicted molar refractivity (Wildman–Crippen MR) is 73.6 cm³/mol. The van der Waals surface area contributed by atoms with Gasteiger partial charge in [0.1, 0.15) is 5.56 Å². The summed E-state index contributed by atoms with van der Waals surface area (Å²) < 4.78 is 0. The van der Waals surface area contributed by atoms with Crippen molar-refractivity contribution >= 4 is 23.3 Å². The maximum absolute atomic E-state index is 11.4. The summed E-state index contributed by atoms with van der Waals surface area (Å²) >= 11 is 6.02. The predicted octanol–water partition coefficient (Wildman–Crippen LogP) is 3.66. The number of nitrogens with zero attached hydrogens (tertiary/aromatic N) is 1. The lowest BCUT2D eigenvalue weighted by Gasteiger charge is -2.39. The number of anilines is 1. The summed E-state index contributed by atoms with van der Waals surface area (Å²) in [5, 5.41) is 9.63. The van der Waals surface area contributed by atoms with Gasteiger partial charge in [0.2, 0.25) is 0 Å². The van der Waals surface area contributed by atoms with Crippen LogP contribution in [0.1, 0.15) is 37.0 Å². The number of rotatable bonds is 2. The quantitative estimate of drug-likeness (QED) is 0.889. The molecule has 2 rings (SSSR count). The van der Waals surface area contributed by atoms with Crippen molar-refractivity contribution in [2.45, 2.75) is 32.7 Å².